The summed E-state index contributed by atoms with van der Waals surface area (Å²) in [6.07, 6.45) is 8.04. The molecule has 56 heavy (non-hydrogen) atoms. The zero-order valence-corrected chi connectivity index (χ0v) is 33.0. The number of imide groups is 1. The number of amides is 3. The Balaban J connectivity index is 0.762. The van der Waals surface area contributed by atoms with E-state index in [1.54, 1.807) is 6.20 Å². The van der Waals surface area contributed by atoms with Gasteiger partial charge in [-0.15, -0.1) is 0 Å². The predicted molar refractivity (Wildman–Crippen MR) is 219 cm³/mol. The van der Waals surface area contributed by atoms with E-state index in [9.17, 15) is 19.6 Å². The Morgan fingerprint density at radius 2 is 1.66 bits per heavy atom. The lowest BCUT2D eigenvalue weighted by atomic mass is 9.76. The fourth-order valence-electron chi connectivity index (χ4n) is 9.59. The molecule has 1 spiro atoms. The van der Waals surface area contributed by atoms with E-state index in [-0.39, 0.29) is 23.1 Å². The van der Waals surface area contributed by atoms with Crippen molar-refractivity contribution in [3.63, 3.8) is 0 Å². The Kier molecular flexibility index (Phi) is 11.1. The number of hydrogen-bond acceptors (Lipinski definition) is 10. The van der Waals surface area contributed by atoms with E-state index in [1.165, 1.54) is 5.69 Å². The fraction of sp³-hybridized carbons (Fsp3) is 0.512. The zero-order chi connectivity index (χ0) is 38.8. The first kappa shape index (κ1) is 38.0. The van der Waals surface area contributed by atoms with Gasteiger partial charge in [-0.3, -0.25) is 24.6 Å². The molecule has 6 heterocycles. The molecule has 3 aromatic rings. The molecule has 3 amide bonds. The van der Waals surface area contributed by atoms with Crippen LogP contribution < -0.4 is 25.3 Å². The summed E-state index contributed by atoms with van der Waals surface area (Å²) in [5.74, 6) is 1.11. The largest absolute Gasteiger partial charge is 0.374 e. The number of halogens is 1. The molecule has 2 atom stereocenters. The summed E-state index contributed by atoms with van der Waals surface area (Å²) in [4.78, 5) is 53.7. The van der Waals surface area contributed by atoms with Gasteiger partial charge in [-0.05, 0) is 105 Å². The lowest BCUT2D eigenvalue weighted by Gasteiger charge is -2.40. The Morgan fingerprint density at radius 1 is 0.929 bits per heavy atom. The minimum Gasteiger partial charge on any atom is -0.374 e. The maximum absolute atomic E-state index is 13.5. The highest BCUT2D eigenvalue weighted by atomic mass is 35.5. The molecule has 0 unspecified atom stereocenters. The van der Waals surface area contributed by atoms with Crippen molar-refractivity contribution in [2.24, 2.45) is 11.3 Å². The van der Waals surface area contributed by atoms with E-state index in [0.717, 1.165) is 120 Å². The van der Waals surface area contributed by atoms with E-state index in [2.05, 4.69) is 60.3 Å². The summed E-state index contributed by atoms with van der Waals surface area (Å²) in [5.41, 5.74) is 4.67. The molecule has 0 saturated carbocycles. The molecule has 0 bridgehead atoms. The molecule has 13 heteroatoms. The summed E-state index contributed by atoms with van der Waals surface area (Å²) >= 11 is 6.38. The van der Waals surface area contributed by atoms with Gasteiger partial charge < -0.3 is 24.9 Å². The molecule has 294 valence electrons. The van der Waals surface area contributed by atoms with Crippen molar-refractivity contribution in [3.8, 4) is 6.07 Å². The number of anilines is 4. The molecule has 5 aliphatic heterocycles. The zero-order valence-electron chi connectivity index (χ0n) is 32.3. The SMILES string of the molecule is C[C@H]1CC2(CCN(c3ccc(C(=O)N4CCC(CN5CCN(c6cc(N[C@@H]7CCC(=O)NC7=O)ccn6)CC5)CC4)cc3)CC2)CN1c1ccc(C#N)c(Cl)c1. The summed E-state index contributed by atoms with van der Waals surface area (Å²) in [5, 5.41) is 15.5. The van der Waals surface area contributed by atoms with E-state index < -0.39 is 6.04 Å². The minimum absolute atomic E-state index is 0.131. The Morgan fingerprint density at radius 3 is 2.36 bits per heavy atom. The van der Waals surface area contributed by atoms with Gasteiger partial charge in [0.1, 0.15) is 17.9 Å². The second-order valence-electron chi connectivity index (χ2n) is 16.6. The number of benzene rings is 2. The van der Waals surface area contributed by atoms with Gasteiger partial charge in [-0.1, -0.05) is 11.6 Å². The van der Waals surface area contributed by atoms with Crippen LogP contribution in [-0.4, -0.2) is 110 Å². The summed E-state index contributed by atoms with van der Waals surface area (Å²) in [7, 11) is 0. The van der Waals surface area contributed by atoms with Crippen LogP contribution in [0.4, 0.5) is 22.9 Å². The Bertz CT molecular complexity index is 1960. The number of piperidine rings is 3. The maximum Gasteiger partial charge on any atom is 0.253 e. The first-order valence-corrected chi connectivity index (χ1v) is 20.7. The molecule has 0 radical (unpaired) electrons. The molecule has 2 N–H and O–H groups in total. The highest BCUT2D eigenvalue weighted by molar-refractivity contribution is 6.32. The van der Waals surface area contributed by atoms with Crippen molar-refractivity contribution in [1.82, 2.24) is 20.1 Å². The van der Waals surface area contributed by atoms with Crippen molar-refractivity contribution < 1.29 is 14.4 Å². The first-order valence-electron chi connectivity index (χ1n) is 20.3. The topological polar surface area (TPSA) is 128 Å². The molecule has 8 rings (SSSR count). The molecular weight excluding hydrogens is 726 g/mol. The third-order valence-electron chi connectivity index (χ3n) is 12.9. The molecule has 5 saturated heterocycles. The smallest absolute Gasteiger partial charge is 0.253 e. The number of nitrogens with one attached hydrogen (secondary N) is 2. The number of rotatable bonds is 8. The number of pyridine rings is 1. The van der Waals surface area contributed by atoms with Gasteiger partial charge in [0.05, 0.1) is 10.6 Å². The van der Waals surface area contributed by atoms with Gasteiger partial charge in [0.25, 0.3) is 5.91 Å². The Labute approximate surface area is 334 Å². The van der Waals surface area contributed by atoms with E-state index in [0.29, 0.717) is 35.4 Å². The molecule has 5 aliphatic rings. The van der Waals surface area contributed by atoms with Crippen molar-refractivity contribution >= 4 is 52.2 Å². The molecule has 0 aliphatic carbocycles. The number of nitriles is 1. The summed E-state index contributed by atoms with van der Waals surface area (Å²) in [6, 6.07) is 20.1. The van der Waals surface area contributed by atoms with Crippen LogP contribution in [0.2, 0.25) is 5.02 Å². The van der Waals surface area contributed by atoms with Crippen LogP contribution in [0.1, 0.15) is 67.8 Å². The fourth-order valence-corrected chi connectivity index (χ4v) is 9.81. The molecule has 12 nitrogen and oxygen atoms in total. The third-order valence-corrected chi connectivity index (χ3v) is 13.2. The Hall–Kier alpha value is -4.86. The van der Waals surface area contributed by atoms with Crippen molar-refractivity contribution in [1.29, 1.82) is 5.26 Å². The van der Waals surface area contributed by atoms with Crippen LogP contribution in [0.5, 0.6) is 0 Å². The van der Waals surface area contributed by atoms with Crippen LogP contribution in [0.15, 0.2) is 60.8 Å². The number of carbonyl (C=O) groups excluding carboxylic acids is 3. The first-order chi connectivity index (χ1) is 27.1. The van der Waals surface area contributed by atoms with Gasteiger partial charge in [-0.25, -0.2) is 4.98 Å². The molecular formula is C43H52ClN9O3. The molecule has 1 aromatic heterocycles. The van der Waals surface area contributed by atoms with Crippen LogP contribution in [0.3, 0.4) is 0 Å². The van der Waals surface area contributed by atoms with Crippen LogP contribution in [0, 0.1) is 22.7 Å². The lowest BCUT2D eigenvalue weighted by molar-refractivity contribution is -0.133. The van der Waals surface area contributed by atoms with Gasteiger partial charge in [0.15, 0.2) is 0 Å². The quantitative estimate of drug-likeness (QED) is 0.288. The highest BCUT2D eigenvalue weighted by Gasteiger charge is 2.44. The van der Waals surface area contributed by atoms with Crippen LogP contribution in [0.25, 0.3) is 0 Å². The third kappa shape index (κ3) is 8.30. The van der Waals surface area contributed by atoms with E-state index in [4.69, 9.17) is 11.6 Å². The number of piperazine rings is 1. The van der Waals surface area contributed by atoms with Gasteiger partial charge in [0.2, 0.25) is 11.8 Å². The van der Waals surface area contributed by atoms with Gasteiger partial charge >= 0.3 is 0 Å². The van der Waals surface area contributed by atoms with Crippen molar-refractivity contribution in [3.05, 3.63) is 76.9 Å². The summed E-state index contributed by atoms with van der Waals surface area (Å²) < 4.78 is 0. The standard InChI is InChI=1S/C43H52ClN9O3/c1-30-26-43(29-53(30)36-7-4-33(27-45)37(44)25-36)13-18-50(19-14-43)35-5-2-32(3-6-35)42(56)52-16-11-31(12-17-52)28-49-20-22-51(23-21-49)39-24-34(10-15-46-39)47-38-8-9-40(54)48-41(38)55/h2-7,10,15,24-25,30-31,38H,8-9,11-14,16-23,26,28-29H2,1H3,(H,46,47)(H,48,54,55)/t30-,38+/m0/s1. The average Bonchev–Trinajstić information content (AvgIpc) is 3.54. The second kappa shape index (κ2) is 16.3. The van der Waals surface area contributed by atoms with Gasteiger partial charge in [-0.2, -0.15) is 5.26 Å². The van der Waals surface area contributed by atoms with Crippen molar-refractivity contribution in [2.75, 3.05) is 85.5 Å². The number of carbonyl (C=O) groups is 3. The molecule has 2 aromatic carbocycles. The van der Waals surface area contributed by atoms with E-state index >= 15 is 0 Å². The summed E-state index contributed by atoms with van der Waals surface area (Å²) in [6.45, 7) is 11.6. The number of likely N-dealkylation sites (tertiary alicyclic amines) is 1. The van der Waals surface area contributed by atoms with Crippen molar-refractivity contribution in [2.45, 2.75) is 64.0 Å². The minimum atomic E-state index is -0.417. The van der Waals surface area contributed by atoms with Crippen LogP contribution in [-0.2, 0) is 9.59 Å². The highest BCUT2D eigenvalue weighted by Crippen LogP contribution is 2.46. The number of aromatic nitrogens is 1. The lowest BCUT2D eigenvalue weighted by Crippen LogP contribution is -2.49. The van der Waals surface area contributed by atoms with Gasteiger partial charge in [0, 0.05) is 113 Å². The maximum atomic E-state index is 13.5. The normalized spacial score (nSPS) is 23.3. The predicted octanol–water partition coefficient (Wildman–Crippen LogP) is 5.38. The monoisotopic (exact) mass is 777 g/mol. The average molecular weight is 778 g/mol. The number of hydrogen-bond donors (Lipinski definition) is 2. The van der Waals surface area contributed by atoms with E-state index in [1.807, 2.05) is 47.4 Å². The molecule has 5 fully saturated rings. The number of nitrogens with zero attached hydrogens (tertiary/aromatic N) is 7. The second-order valence-corrected chi connectivity index (χ2v) is 17.0. The van der Waals surface area contributed by atoms with Crippen LogP contribution >= 0.6 is 11.6 Å².